The number of rotatable bonds is 9. The number of amides is 1. The average Bonchev–Trinajstić information content (AvgIpc) is 3.46. The van der Waals surface area contributed by atoms with Crippen LogP contribution in [0.1, 0.15) is 24.0 Å². The average molecular weight is 469 g/mol. The first-order chi connectivity index (χ1) is 15.5. The quantitative estimate of drug-likeness (QED) is 0.289. The van der Waals surface area contributed by atoms with E-state index in [4.69, 9.17) is 4.98 Å². The monoisotopic (exact) mass is 468 g/mol. The lowest BCUT2D eigenvalue weighted by Crippen LogP contribution is -2.32. The number of anilines is 1. The zero-order valence-corrected chi connectivity index (χ0v) is 19.8. The summed E-state index contributed by atoms with van der Waals surface area (Å²) >= 11 is 3.14. The van der Waals surface area contributed by atoms with Crippen LogP contribution in [0.2, 0.25) is 0 Å². The molecule has 0 bridgehead atoms. The minimum Gasteiger partial charge on any atom is -0.337 e. The van der Waals surface area contributed by atoms with E-state index in [1.165, 1.54) is 17.7 Å². The Morgan fingerprint density at radius 2 is 1.94 bits per heavy atom. The molecule has 0 unspecified atom stereocenters. The van der Waals surface area contributed by atoms with Crippen LogP contribution in [0.3, 0.4) is 0 Å². The first-order valence-corrected chi connectivity index (χ1v) is 12.3. The zero-order valence-electron chi connectivity index (χ0n) is 18.1. The predicted octanol–water partition coefficient (Wildman–Crippen LogP) is 5.85. The summed E-state index contributed by atoms with van der Waals surface area (Å²) in [6.45, 7) is 5.51. The van der Waals surface area contributed by atoms with Crippen molar-refractivity contribution in [2.45, 2.75) is 38.1 Å². The van der Waals surface area contributed by atoms with Crippen LogP contribution in [0, 0.1) is 19.7 Å². The van der Waals surface area contributed by atoms with Gasteiger partial charge in [0.15, 0.2) is 5.13 Å². The third-order valence-corrected chi connectivity index (χ3v) is 7.45. The van der Waals surface area contributed by atoms with E-state index in [0.717, 1.165) is 38.8 Å². The Bertz CT molecular complexity index is 1150. The summed E-state index contributed by atoms with van der Waals surface area (Å²) in [6, 6.07) is 10.5. The molecule has 8 heteroatoms. The van der Waals surface area contributed by atoms with Gasteiger partial charge >= 0.3 is 0 Å². The van der Waals surface area contributed by atoms with Crippen LogP contribution in [-0.2, 0) is 11.3 Å². The molecule has 32 heavy (non-hydrogen) atoms. The number of carbonyl (C=O) groups excluding carboxylic acids is 1. The molecule has 0 atom stereocenters. The zero-order chi connectivity index (χ0) is 22.5. The Balaban J connectivity index is 1.48. The van der Waals surface area contributed by atoms with Gasteiger partial charge in [-0.05, 0) is 55.7 Å². The van der Waals surface area contributed by atoms with E-state index in [9.17, 15) is 9.18 Å². The molecule has 166 valence electrons. The Hall–Kier alpha value is -2.71. The molecule has 0 fully saturated rings. The predicted molar refractivity (Wildman–Crippen MR) is 130 cm³/mol. The van der Waals surface area contributed by atoms with Gasteiger partial charge in [0.2, 0.25) is 5.91 Å². The van der Waals surface area contributed by atoms with Crippen molar-refractivity contribution < 1.29 is 9.18 Å². The molecule has 0 radical (unpaired) electrons. The fourth-order valence-electron chi connectivity index (χ4n) is 3.44. The van der Waals surface area contributed by atoms with Gasteiger partial charge in [-0.3, -0.25) is 9.69 Å². The maximum absolute atomic E-state index is 13.2. The molecule has 2 heterocycles. The van der Waals surface area contributed by atoms with Crippen molar-refractivity contribution >= 4 is 44.4 Å². The Kier molecular flexibility index (Phi) is 7.22. The number of aromatic nitrogens is 3. The fourth-order valence-corrected chi connectivity index (χ4v) is 5.44. The van der Waals surface area contributed by atoms with Crippen LogP contribution < -0.4 is 4.90 Å². The van der Waals surface area contributed by atoms with Gasteiger partial charge in [0.1, 0.15) is 5.82 Å². The van der Waals surface area contributed by atoms with Gasteiger partial charge < -0.3 is 4.57 Å². The van der Waals surface area contributed by atoms with Crippen molar-refractivity contribution in [2.75, 3.05) is 17.2 Å². The first-order valence-electron chi connectivity index (χ1n) is 10.5. The molecule has 5 nitrogen and oxygen atoms in total. The number of hydrogen-bond donors (Lipinski definition) is 0. The minimum absolute atomic E-state index is 0.0552. The van der Waals surface area contributed by atoms with E-state index in [0.29, 0.717) is 18.7 Å². The highest BCUT2D eigenvalue weighted by atomic mass is 32.2. The number of aryl methyl sites for hydroxylation is 3. The summed E-state index contributed by atoms with van der Waals surface area (Å²) in [5.74, 6) is 0.432. The van der Waals surface area contributed by atoms with Crippen molar-refractivity contribution in [1.82, 2.24) is 14.5 Å². The van der Waals surface area contributed by atoms with Crippen LogP contribution in [0.5, 0.6) is 0 Å². The Labute approximate surface area is 195 Å². The summed E-state index contributed by atoms with van der Waals surface area (Å²) in [4.78, 5) is 24.9. The van der Waals surface area contributed by atoms with E-state index in [1.54, 1.807) is 47.8 Å². The lowest BCUT2D eigenvalue weighted by Gasteiger charge is -2.20. The fraction of sp³-hybridized carbons (Fsp3) is 0.292. The van der Waals surface area contributed by atoms with Crippen molar-refractivity contribution in [3.8, 4) is 0 Å². The lowest BCUT2D eigenvalue weighted by atomic mass is 10.1. The van der Waals surface area contributed by atoms with Crippen molar-refractivity contribution in [2.24, 2.45) is 0 Å². The Morgan fingerprint density at radius 3 is 2.66 bits per heavy atom. The third-order valence-electron chi connectivity index (χ3n) is 5.22. The smallest absolute Gasteiger partial charge is 0.229 e. The molecule has 0 saturated heterocycles. The molecular weight excluding hydrogens is 443 g/mol. The highest BCUT2D eigenvalue weighted by Gasteiger charge is 2.20. The third kappa shape index (κ3) is 5.37. The molecule has 2 aromatic heterocycles. The molecule has 1 amide bonds. The maximum Gasteiger partial charge on any atom is 0.229 e. The van der Waals surface area contributed by atoms with Gasteiger partial charge in [-0.2, -0.15) is 0 Å². The van der Waals surface area contributed by atoms with Crippen LogP contribution in [-0.4, -0.2) is 32.7 Å². The van der Waals surface area contributed by atoms with E-state index in [-0.39, 0.29) is 11.7 Å². The number of hydrogen-bond acceptors (Lipinski definition) is 5. The van der Waals surface area contributed by atoms with E-state index in [2.05, 4.69) is 31.0 Å². The van der Waals surface area contributed by atoms with Crippen LogP contribution >= 0.6 is 23.1 Å². The number of imidazole rings is 1. The number of thioether (sulfide) groups is 1. The summed E-state index contributed by atoms with van der Waals surface area (Å²) < 4.78 is 16.3. The summed E-state index contributed by atoms with van der Waals surface area (Å²) in [7, 11) is 0. The van der Waals surface area contributed by atoms with Gasteiger partial charge in [-0.15, -0.1) is 11.8 Å². The summed E-state index contributed by atoms with van der Waals surface area (Å²) in [5.41, 5.74) is 3.26. The van der Waals surface area contributed by atoms with Crippen LogP contribution in [0.4, 0.5) is 9.52 Å². The van der Waals surface area contributed by atoms with Gasteiger partial charge in [0.25, 0.3) is 0 Å². The molecule has 4 aromatic rings. The number of carbonyl (C=O) groups is 1. The Morgan fingerprint density at radius 1 is 1.16 bits per heavy atom. The normalized spacial score (nSPS) is 11.2. The lowest BCUT2D eigenvalue weighted by molar-refractivity contribution is -0.118. The minimum atomic E-state index is -0.254. The van der Waals surface area contributed by atoms with Crippen molar-refractivity contribution in [1.29, 1.82) is 0 Å². The highest BCUT2D eigenvalue weighted by Crippen LogP contribution is 2.33. The molecule has 0 aliphatic carbocycles. The number of benzene rings is 2. The van der Waals surface area contributed by atoms with Gasteiger partial charge in [0.05, 0.1) is 16.5 Å². The van der Waals surface area contributed by atoms with Gasteiger partial charge in [-0.25, -0.2) is 14.4 Å². The van der Waals surface area contributed by atoms with Crippen LogP contribution in [0.15, 0.2) is 60.0 Å². The second-order valence-electron chi connectivity index (χ2n) is 7.63. The second-order valence-corrected chi connectivity index (χ2v) is 9.77. The molecule has 0 aliphatic rings. The summed E-state index contributed by atoms with van der Waals surface area (Å²) in [6.07, 6.45) is 6.67. The van der Waals surface area contributed by atoms with E-state index < -0.39 is 0 Å². The van der Waals surface area contributed by atoms with Crippen molar-refractivity contribution in [3.63, 3.8) is 0 Å². The number of halogens is 1. The number of fused-ring (bicyclic) bond motifs is 1. The summed E-state index contributed by atoms with van der Waals surface area (Å²) in [5, 5.41) is 0.750. The van der Waals surface area contributed by atoms with E-state index in [1.807, 2.05) is 15.7 Å². The van der Waals surface area contributed by atoms with Gasteiger partial charge in [-0.1, -0.05) is 23.5 Å². The van der Waals surface area contributed by atoms with Gasteiger partial charge in [0, 0.05) is 42.6 Å². The van der Waals surface area contributed by atoms with Crippen molar-refractivity contribution in [3.05, 3.63) is 72.1 Å². The SMILES string of the molecule is Cc1ccc(C)c2sc(N(CCCn3ccnc3)C(=O)CCSc3ccc(F)cc3)nc12. The molecule has 0 N–H and O–H groups in total. The molecular formula is C24H25FN4OS2. The molecule has 0 aliphatic heterocycles. The second kappa shape index (κ2) is 10.3. The standard InChI is InChI=1S/C24H25FN4OS2/c1-17-4-5-18(2)23-22(17)27-24(32-23)29(13-3-12-28-14-11-26-16-28)21(30)10-15-31-20-8-6-19(25)7-9-20/h4-9,11,14,16H,3,10,12-13,15H2,1-2H3. The first kappa shape index (κ1) is 22.5. The largest absolute Gasteiger partial charge is 0.337 e. The maximum atomic E-state index is 13.2. The van der Waals surface area contributed by atoms with Crippen LogP contribution in [0.25, 0.3) is 10.2 Å². The molecule has 0 saturated carbocycles. The topological polar surface area (TPSA) is 51.0 Å². The molecule has 0 spiro atoms. The molecule has 2 aromatic carbocycles. The number of nitrogens with zero attached hydrogens (tertiary/aromatic N) is 4. The highest BCUT2D eigenvalue weighted by molar-refractivity contribution is 7.99. The molecule has 4 rings (SSSR count). The van der Waals surface area contributed by atoms with E-state index >= 15 is 0 Å². The number of thiazole rings is 1.